The molecule has 0 fully saturated rings. The van der Waals surface area contributed by atoms with E-state index in [4.69, 9.17) is 4.74 Å². The summed E-state index contributed by atoms with van der Waals surface area (Å²) in [6, 6.07) is 4.68. The van der Waals surface area contributed by atoms with E-state index in [1.807, 2.05) is 6.92 Å². The summed E-state index contributed by atoms with van der Waals surface area (Å²) >= 11 is 0. The van der Waals surface area contributed by atoms with Gasteiger partial charge in [0.15, 0.2) is 5.78 Å². The maximum absolute atomic E-state index is 12.6. The zero-order valence-corrected chi connectivity index (χ0v) is 10.3. The van der Waals surface area contributed by atoms with Crippen LogP contribution in [0.3, 0.4) is 0 Å². The second kappa shape index (κ2) is 6.00. The van der Waals surface area contributed by atoms with Gasteiger partial charge in [0.25, 0.3) is 0 Å². The summed E-state index contributed by atoms with van der Waals surface area (Å²) < 4.78 is 43.0. The minimum atomic E-state index is -4.41. The van der Waals surface area contributed by atoms with E-state index in [0.717, 1.165) is 12.1 Å². The maximum atomic E-state index is 12.6. The number of hydrogen-bond acceptors (Lipinski definition) is 2. The predicted octanol–water partition coefficient (Wildman–Crippen LogP) is 3.76. The molecule has 0 amide bonds. The van der Waals surface area contributed by atoms with Crippen LogP contribution >= 0.6 is 0 Å². The third-order valence-corrected chi connectivity index (χ3v) is 2.37. The fourth-order valence-corrected chi connectivity index (χ4v) is 1.56. The van der Waals surface area contributed by atoms with Gasteiger partial charge in [-0.25, -0.2) is 0 Å². The molecule has 18 heavy (non-hydrogen) atoms. The van der Waals surface area contributed by atoms with E-state index in [2.05, 4.69) is 0 Å². The summed E-state index contributed by atoms with van der Waals surface area (Å²) in [7, 11) is 0. The Kier molecular flexibility index (Phi) is 4.90. The summed E-state index contributed by atoms with van der Waals surface area (Å²) in [6.45, 7) is 3.50. The van der Waals surface area contributed by atoms with Crippen molar-refractivity contribution in [3.05, 3.63) is 35.4 Å². The van der Waals surface area contributed by atoms with Crippen LogP contribution in [0.25, 0.3) is 0 Å². The molecule has 0 aliphatic rings. The number of rotatable bonds is 5. The highest BCUT2D eigenvalue weighted by atomic mass is 19.4. The van der Waals surface area contributed by atoms with Crippen molar-refractivity contribution >= 4 is 5.78 Å². The lowest BCUT2D eigenvalue weighted by Gasteiger charge is -2.16. The van der Waals surface area contributed by atoms with Crippen LogP contribution in [0, 0.1) is 0 Å². The van der Waals surface area contributed by atoms with Gasteiger partial charge in [-0.2, -0.15) is 13.2 Å². The van der Waals surface area contributed by atoms with Gasteiger partial charge < -0.3 is 4.74 Å². The molecule has 0 heterocycles. The molecule has 1 unspecified atom stereocenters. The molecule has 0 spiro atoms. The standard InChI is InChI=1S/C13H15F3O2/c1-3-7-18-12(9(2)17)10-5-4-6-11(8-10)13(14,15)16/h4-6,8,12H,3,7H2,1-2H3. The molecule has 1 rings (SSSR count). The second-order valence-corrected chi connectivity index (χ2v) is 3.98. The molecule has 0 aromatic heterocycles. The van der Waals surface area contributed by atoms with Crippen LogP contribution in [-0.4, -0.2) is 12.4 Å². The van der Waals surface area contributed by atoms with Gasteiger partial charge in [0.2, 0.25) is 0 Å². The van der Waals surface area contributed by atoms with Gasteiger partial charge >= 0.3 is 6.18 Å². The second-order valence-electron chi connectivity index (χ2n) is 3.98. The van der Waals surface area contributed by atoms with E-state index >= 15 is 0 Å². The topological polar surface area (TPSA) is 26.3 Å². The molecule has 0 aliphatic heterocycles. The van der Waals surface area contributed by atoms with E-state index in [-0.39, 0.29) is 11.3 Å². The Labute approximate surface area is 104 Å². The maximum Gasteiger partial charge on any atom is 0.416 e. The first-order valence-corrected chi connectivity index (χ1v) is 5.65. The van der Waals surface area contributed by atoms with Crippen LogP contribution in [0.1, 0.15) is 37.5 Å². The molecule has 100 valence electrons. The number of Topliss-reactive ketones (excluding diaryl/α,β-unsaturated/α-hetero) is 1. The van der Waals surface area contributed by atoms with Crippen molar-refractivity contribution in [1.82, 2.24) is 0 Å². The molecule has 1 atom stereocenters. The Morgan fingerprint density at radius 2 is 2.06 bits per heavy atom. The Morgan fingerprint density at radius 1 is 1.39 bits per heavy atom. The number of benzene rings is 1. The molecule has 0 radical (unpaired) electrons. The van der Waals surface area contributed by atoms with E-state index in [0.29, 0.717) is 13.0 Å². The van der Waals surface area contributed by atoms with E-state index in [9.17, 15) is 18.0 Å². The molecule has 0 bridgehead atoms. The van der Waals surface area contributed by atoms with E-state index in [1.54, 1.807) is 0 Å². The summed E-state index contributed by atoms with van der Waals surface area (Å²) in [5, 5.41) is 0. The summed E-state index contributed by atoms with van der Waals surface area (Å²) in [5.41, 5.74) is -0.530. The number of hydrogen-bond donors (Lipinski definition) is 0. The average Bonchev–Trinajstić information content (AvgIpc) is 2.28. The third kappa shape index (κ3) is 3.84. The van der Waals surface area contributed by atoms with Crippen LogP contribution < -0.4 is 0 Å². The lowest BCUT2D eigenvalue weighted by molar-refractivity contribution is -0.138. The third-order valence-electron chi connectivity index (χ3n) is 2.37. The molecule has 0 saturated heterocycles. The Balaban J connectivity index is 3.02. The van der Waals surface area contributed by atoms with Crippen molar-refractivity contribution < 1.29 is 22.7 Å². The van der Waals surface area contributed by atoms with Crippen molar-refractivity contribution in [3.63, 3.8) is 0 Å². The van der Waals surface area contributed by atoms with Gasteiger partial charge in [-0.15, -0.1) is 0 Å². The van der Waals surface area contributed by atoms with Crippen molar-refractivity contribution in [2.24, 2.45) is 0 Å². The van der Waals surface area contributed by atoms with Crippen LogP contribution in [0.2, 0.25) is 0 Å². The van der Waals surface area contributed by atoms with Gasteiger partial charge in [-0.05, 0) is 31.0 Å². The van der Waals surface area contributed by atoms with Crippen molar-refractivity contribution in [3.8, 4) is 0 Å². The molecule has 0 aliphatic carbocycles. The number of ketones is 1. The molecular weight excluding hydrogens is 245 g/mol. The highest BCUT2D eigenvalue weighted by Crippen LogP contribution is 2.31. The Hall–Kier alpha value is -1.36. The largest absolute Gasteiger partial charge is 0.416 e. The van der Waals surface area contributed by atoms with Crippen LogP contribution in [0.4, 0.5) is 13.2 Å². The molecule has 0 N–H and O–H groups in total. The van der Waals surface area contributed by atoms with Crippen molar-refractivity contribution in [2.45, 2.75) is 32.5 Å². The van der Waals surface area contributed by atoms with Crippen LogP contribution in [0.5, 0.6) is 0 Å². The number of ether oxygens (including phenoxy) is 1. The number of halogens is 3. The average molecular weight is 260 g/mol. The van der Waals surface area contributed by atoms with Gasteiger partial charge in [0.1, 0.15) is 6.10 Å². The Morgan fingerprint density at radius 3 is 2.56 bits per heavy atom. The fourth-order valence-electron chi connectivity index (χ4n) is 1.56. The normalized spacial score (nSPS) is 13.4. The van der Waals surface area contributed by atoms with Crippen molar-refractivity contribution in [2.75, 3.05) is 6.61 Å². The molecule has 5 heteroatoms. The smallest absolute Gasteiger partial charge is 0.366 e. The minimum Gasteiger partial charge on any atom is -0.366 e. The first-order chi connectivity index (χ1) is 8.36. The highest BCUT2D eigenvalue weighted by Gasteiger charge is 2.31. The van der Waals surface area contributed by atoms with Gasteiger partial charge in [-0.3, -0.25) is 4.79 Å². The van der Waals surface area contributed by atoms with Gasteiger partial charge in [0, 0.05) is 6.61 Å². The molecular formula is C13H15F3O2. The van der Waals surface area contributed by atoms with Gasteiger partial charge in [-0.1, -0.05) is 19.1 Å². The molecule has 1 aromatic carbocycles. The van der Waals surface area contributed by atoms with Crippen molar-refractivity contribution in [1.29, 1.82) is 0 Å². The number of carbonyl (C=O) groups excluding carboxylic acids is 1. The molecule has 1 aromatic rings. The highest BCUT2D eigenvalue weighted by molar-refractivity contribution is 5.81. The summed E-state index contributed by atoms with van der Waals surface area (Å²) in [6.07, 6.45) is -4.64. The van der Waals surface area contributed by atoms with Crippen LogP contribution in [0.15, 0.2) is 24.3 Å². The molecule has 2 nitrogen and oxygen atoms in total. The lowest BCUT2D eigenvalue weighted by Crippen LogP contribution is -2.15. The SMILES string of the molecule is CCCOC(C(C)=O)c1cccc(C(F)(F)F)c1. The monoisotopic (exact) mass is 260 g/mol. The quantitative estimate of drug-likeness (QED) is 0.805. The zero-order valence-electron chi connectivity index (χ0n) is 10.3. The van der Waals surface area contributed by atoms with E-state index < -0.39 is 17.8 Å². The number of alkyl halides is 3. The fraction of sp³-hybridized carbons (Fsp3) is 0.462. The lowest BCUT2D eigenvalue weighted by atomic mass is 10.0. The van der Waals surface area contributed by atoms with E-state index in [1.165, 1.54) is 19.1 Å². The predicted molar refractivity (Wildman–Crippen MR) is 61.1 cm³/mol. The van der Waals surface area contributed by atoms with Gasteiger partial charge in [0.05, 0.1) is 5.56 Å². The molecule has 0 saturated carbocycles. The summed E-state index contributed by atoms with van der Waals surface area (Å²) in [4.78, 5) is 11.4. The first kappa shape index (κ1) is 14.7. The van der Waals surface area contributed by atoms with Crippen LogP contribution in [-0.2, 0) is 15.7 Å². The Bertz CT molecular complexity index is 413. The summed E-state index contributed by atoms with van der Waals surface area (Å²) in [5.74, 6) is -0.303. The number of carbonyl (C=O) groups is 1. The minimum absolute atomic E-state index is 0.241. The first-order valence-electron chi connectivity index (χ1n) is 5.65. The zero-order chi connectivity index (χ0) is 13.8.